The first kappa shape index (κ1) is 12.7. The van der Waals surface area contributed by atoms with Crippen LogP contribution in [-0.2, 0) is 10.1 Å². The number of hydrogen-bond acceptors (Lipinski definition) is 3. The molecule has 0 amide bonds. The minimum atomic E-state index is -4.15. The zero-order valence-corrected chi connectivity index (χ0v) is 10.0. The predicted molar refractivity (Wildman–Crippen MR) is 61.3 cm³/mol. The van der Waals surface area contributed by atoms with E-state index in [0.29, 0.717) is 17.9 Å². The van der Waals surface area contributed by atoms with Gasteiger partial charge in [0, 0.05) is 0 Å². The van der Waals surface area contributed by atoms with E-state index in [1.54, 1.807) is 6.92 Å². The summed E-state index contributed by atoms with van der Waals surface area (Å²) in [6, 6.07) is 4.18. The third-order valence-electron chi connectivity index (χ3n) is 1.92. The largest absolute Gasteiger partial charge is 0.489 e. The van der Waals surface area contributed by atoms with Gasteiger partial charge in [-0.25, -0.2) is 0 Å². The van der Waals surface area contributed by atoms with Crippen molar-refractivity contribution in [2.24, 2.45) is 0 Å². The summed E-state index contributed by atoms with van der Waals surface area (Å²) in [6.07, 6.45) is 0. The van der Waals surface area contributed by atoms with Crippen molar-refractivity contribution >= 4 is 10.1 Å². The topological polar surface area (TPSA) is 63.6 Å². The Morgan fingerprint density at radius 1 is 1.50 bits per heavy atom. The Morgan fingerprint density at radius 2 is 2.12 bits per heavy atom. The van der Waals surface area contributed by atoms with Crippen molar-refractivity contribution in [2.45, 2.75) is 18.7 Å². The summed E-state index contributed by atoms with van der Waals surface area (Å²) < 4.78 is 36.0. The molecular formula is C11H14O4S. The Kier molecular flexibility index (Phi) is 3.72. The van der Waals surface area contributed by atoms with E-state index in [4.69, 9.17) is 9.29 Å². The molecule has 0 radical (unpaired) electrons. The van der Waals surface area contributed by atoms with Crippen molar-refractivity contribution in [3.8, 4) is 5.75 Å². The summed E-state index contributed by atoms with van der Waals surface area (Å²) in [4.78, 5) is -0.132. The summed E-state index contributed by atoms with van der Waals surface area (Å²) in [6.45, 7) is 7.62. The number of hydrogen-bond donors (Lipinski definition) is 1. The standard InChI is InChI=1S/C11H14O4S/c1-8(2)7-15-11-5-4-10(6-9(11)3)16(12,13)14/h4-6H,1,7H2,2-3H3,(H,12,13,14). The minimum Gasteiger partial charge on any atom is -0.489 e. The third-order valence-corrected chi connectivity index (χ3v) is 2.77. The summed E-state index contributed by atoms with van der Waals surface area (Å²) in [5.74, 6) is 0.579. The average Bonchev–Trinajstić information content (AvgIpc) is 2.14. The van der Waals surface area contributed by atoms with Gasteiger partial charge < -0.3 is 4.74 Å². The lowest BCUT2D eigenvalue weighted by Gasteiger charge is -2.09. The maximum Gasteiger partial charge on any atom is 0.294 e. The van der Waals surface area contributed by atoms with Crippen LogP contribution in [-0.4, -0.2) is 19.6 Å². The molecule has 0 bridgehead atoms. The van der Waals surface area contributed by atoms with Crippen molar-refractivity contribution in [2.75, 3.05) is 6.61 Å². The van der Waals surface area contributed by atoms with Crippen LogP contribution in [0.5, 0.6) is 5.75 Å². The van der Waals surface area contributed by atoms with E-state index in [1.165, 1.54) is 18.2 Å². The number of aryl methyl sites for hydroxylation is 1. The van der Waals surface area contributed by atoms with E-state index < -0.39 is 10.1 Å². The Morgan fingerprint density at radius 3 is 2.56 bits per heavy atom. The second-order valence-corrected chi connectivity index (χ2v) is 5.07. The zero-order chi connectivity index (χ0) is 12.3. The van der Waals surface area contributed by atoms with Crippen LogP contribution in [0.25, 0.3) is 0 Å². The molecule has 0 aromatic heterocycles. The first-order chi connectivity index (χ1) is 7.30. The highest BCUT2D eigenvalue weighted by molar-refractivity contribution is 7.85. The van der Waals surface area contributed by atoms with Gasteiger partial charge in [-0.2, -0.15) is 8.42 Å². The fourth-order valence-corrected chi connectivity index (χ4v) is 1.71. The van der Waals surface area contributed by atoms with Crippen LogP contribution in [0.15, 0.2) is 35.2 Å². The van der Waals surface area contributed by atoms with Gasteiger partial charge in [-0.3, -0.25) is 4.55 Å². The Hall–Kier alpha value is -1.33. The average molecular weight is 242 g/mol. The second-order valence-electron chi connectivity index (χ2n) is 3.65. The molecule has 16 heavy (non-hydrogen) atoms. The number of rotatable bonds is 4. The van der Waals surface area contributed by atoms with Crippen LogP contribution in [0.4, 0.5) is 0 Å². The molecular weight excluding hydrogens is 228 g/mol. The van der Waals surface area contributed by atoms with Crippen molar-refractivity contribution in [3.63, 3.8) is 0 Å². The molecule has 1 N–H and O–H groups in total. The maximum absolute atomic E-state index is 10.9. The van der Waals surface area contributed by atoms with E-state index in [2.05, 4.69) is 6.58 Å². The van der Waals surface area contributed by atoms with Crippen LogP contribution in [0, 0.1) is 6.92 Å². The summed E-state index contributed by atoms with van der Waals surface area (Å²) in [5, 5.41) is 0. The maximum atomic E-state index is 10.9. The van der Waals surface area contributed by atoms with Crippen molar-refractivity contribution in [1.29, 1.82) is 0 Å². The zero-order valence-electron chi connectivity index (χ0n) is 9.23. The first-order valence-corrected chi connectivity index (χ1v) is 6.10. The minimum absolute atomic E-state index is 0.132. The van der Waals surface area contributed by atoms with Gasteiger partial charge in [0.1, 0.15) is 12.4 Å². The van der Waals surface area contributed by atoms with E-state index in [9.17, 15) is 8.42 Å². The van der Waals surface area contributed by atoms with Gasteiger partial charge in [0.2, 0.25) is 0 Å². The van der Waals surface area contributed by atoms with E-state index in [0.717, 1.165) is 5.57 Å². The molecule has 0 aliphatic rings. The van der Waals surface area contributed by atoms with Gasteiger partial charge >= 0.3 is 0 Å². The summed E-state index contributed by atoms with van der Waals surface area (Å²) >= 11 is 0. The molecule has 1 aromatic rings. The molecule has 0 spiro atoms. The van der Waals surface area contributed by atoms with Gasteiger partial charge in [-0.15, -0.1) is 0 Å². The van der Waals surface area contributed by atoms with Crippen LogP contribution in [0.2, 0.25) is 0 Å². The SMILES string of the molecule is C=C(C)COc1ccc(S(=O)(=O)O)cc1C. The molecule has 1 rings (SSSR count). The molecule has 5 heteroatoms. The molecule has 88 valence electrons. The lowest BCUT2D eigenvalue weighted by Crippen LogP contribution is -2.02. The molecule has 4 nitrogen and oxygen atoms in total. The van der Waals surface area contributed by atoms with Gasteiger partial charge in [0.05, 0.1) is 4.90 Å². The fraction of sp³-hybridized carbons (Fsp3) is 0.273. The highest BCUT2D eigenvalue weighted by atomic mass is 32.2. The molecule has 1 aromatic carbocycles. The van der Waals surface area contributed by atoms with Gasteiger partial charge in [0.15, 0.2) is 0 Å². The van der Waals surface area contributed by atoms with Crippen LogP contribution in [0.3, 0.4) is 0 Å². The third kappa shape index (κ3) is 3.36. The van der Waals surface area contributed by atoms with Crippen molar-refractivity contribution in [1.82, 2.24) is 0 Å². The molecule has 0 saturated heterocycles. The van der Waals surface area contributed by atoms with Crippen molar-refractivity contribution in [3.05, 3.63) is 35.9 Å². The van der Waals surface area contributed by atoms with Gasteiger partial charge in [-0.05, 0) is 43.2 Å². The monoisotopic (exact) mass is 242 g/mol. The van der Waals surface area contributed by atoms with Crippen molar-refractivity contribution < 1.29 is 17.7 Å². The normalized spacial score (nSPS) is 11.2. The molecule has 0 saturated carbocycles. The lowest BCUT2D eigenvalue weighted by atomic mass is 10.2. The molecule has 0 fully saturated rings. The van der Waals surface area contributed by atoms with E-state index in [-0.39, 0.29) is 4.90 Å². The summed E-state index contributed by atoms with van der Waals surface area (Å²) in [5.41, 5.74) is 1.52. The fourth-order valence-electron chi connectivity index (χ4n) is 1.15. The first-order valence-electron chi connectivity index (χ1n) is 4.66. The second kappa shape index (κ2) is 4.67. The Bertz CT molecular complexity index is 503. The van der Waals surface area contributed by atoms with Crippen LogP contribution >= 0.6 is 0 Å². The van der Waals surface area contributed by atoms with Gasteiger partial charge in [0.25, 0.3) is 10.1 Å². The highest BCUT2D eigenvalue weighted by Gasteiger charge is 2.11. The molecule has 0 aliphatic carbocycles. The van der Waals surface area contributed by atoms with Crippen LogP contribution < -0.4 is 4.74 Å². The van der Waals surface area contributed by atoms with E-state index in [1.807, 2.05) is 6.92 Å². The molecule has 0 atom stereocenters. The predicted octanol–water partition coefficient (Wildman–Crippen LogP) is 2.20. The number of benzene rings is 1. The molecule has 0 unspecified atom stereocenters. The lowest BCUT2D eigenvalue weighted by molar-refractivity contribution is 0.350. The van der Waals surface area contributed by atoms with E-state index >= 15 is 0 Å². The Balaban J connectivity index is 2.96. The van der Waals surface area contributed by atoms with Gasteiger partial charge in [-0.1, -0.05) is 6.58 Å². The van der Waals surface area contributed by atoms with Crippen LogP contribution in [0.1, 0.15) is 12.5 Å². The smallest absolute Gasteiger partial charge is 0.294 e. The highest BCUT2D eigenvalue weighted by Crippen LogP contribution is 2.21. The summed E-state index contributed by atoms with van der Waals surface area (Å²) in [7, 11) is -4.15. The molecule has 0 aliphatic heterocycles. The number of ether oxygens (including phenoxy) is 1. The molecule has 0 heterocycles. The Labute approximate surface area is 95.3 Å². The quantitative estimate of drug-likeness (QED) is 0.649.